The van der Waals surface area contributed by atoms with Crippen LogP contribution in [0.1, 0.15) is 36.8 Å². The van der Waals surface area contributed by atoms with Gasteiger partial charge in [-0.3, -0.25) is 0 Å². The maximum absolute atomic E-state index is 12.5. The molecule has 0 saturated heterocycles. The zero-order valence-electron chi connectivity index (χ0n) is 12.4. The second-order valence-corrected chi connectivity index (χ2v) is 7.98. The number of sulfonamides is 1. The van der Waals surface area contributed by atoms with Crippen LogP contribution in [0.3, 0.4) is 0 Å². The van der Waals surface area contributed by atoms with Gasteiger partial charge in [0.05, 0.1) is 10.5 Å². The average molecular weight is 297 g/mol. The van der Waals surface area contributed by atoms with Gasteiger partial charge < -0.3 is 5.11 Å². The molecule has 0 heterocycles. The summed E-state index contributed by atoms with van der Waals surface area (Å²) >= 11 is 0. The van der Waals surface area contributed by atoms with Crippen molar-refractivity contribution in [3.63, 3.8) is 0 Å². The van der Waals surface area contributed by atoms with Crippen LogP contribution >= 0.6 is 0 Å². The van der Waals surface area contributed by atoms with Crippen molar-refractivity contribution < 1.29 is 13.5 Å². The lowest BCUT2D eigenvalue weighted by Crippen LogP contribution is -2.41. The molecule has 4 nitrogen and oxygen atoms in total. The van der Waals surface area contributed by atoms with Crippen molar-refractivity contribution in [3.05, 3.63) is 29.3 Å². The Balaban J connectivity index is 2.22. The number of hydrogen-bond acceptors (Lipinski definition) is 3. The van der Waals surface area contributed by atoms with E-state index in [9.17, 15) is 13.5 Å². The van der Waals surface area contributed by atoms with E-state index in [1.54, 1.807) is 19.2 Å². The summed E-state index contributed by atoms with van der Waals surface area (Å²) in [5, 5.41) is 10.4. The standard InChI is InChI=1S/C15H23NO3S/c1-12-6-7-14(10-13(12)2)20(18,19)16(3)11-15(17)8-4-5-9-15/h6-7,10,17H,4-5,8-9,11H2,1-3H3. The molecule has 2 rings (SSSR count). The summed E-state index contributed by atoms with van der Waals surface area (Å²) in [6.07, 6.45) is 3.29. The summed E-state index contributed by atoms with van der Waals surface area (Å²) in [4.78, 5) is 0.296. The lowest BCUT2D eigenvalue weighted by Gasteiger charge is -2.28. The minimum absolute atomic E-state index is 0.169. The first-order valence-electron chi connectivity index (χ1n) is 7.01. The topological polar surface area (TPSA) is 57.6 Å². The Morgan fingerprint density at radius 3 is 2.35 bits per heavy atom. The number of aliphatic hydroxyl groups is 1. The van der Waals surface area contributed by atoms with Crippen molar-refractivity contribution >= 4 is 10.0 Å². The van der Waals surface area contributed by atoms with Crippen LogP contribution in [-0.2, 0) is 10.0 Å². The maximum atomic E-state index is 12.5. The van der Waals surface area contributed by atoms with E-state index in [2.05, 4.69) is 0 Å². The van der Waals surface area contributed by atoms with Crippen molar-refractivity contribution in [1.82, 2.24) is 4.31 Å². The van der Waals surface area contributed by atoms with Crippen molar-refractivity contribution in [2.75, 3.05) is 13.6 Å². The molecular formula is C15H23NO3S. The molecule has 1 aromatic rings. The maximum Gasteiger partial charge on any atom is 0.242 e. The Morgan fingerprint density at radius 1 is 1.20 bits per heavy atom. The van der Waals surface area contributed by atoms with Gasteiger partial charge in [0.15, 0.2) is 0 Å². The fourth-order valence-corrected chi connectivity index (χ4v) is 4.08. The van der Waals surface area contributed by atoms with Crippen LogP contribution < -0.4 is 0 Å². The number of benzene rings is 1. The third-order valence-corrected chi connectivity index (χ3v) is 6.04. The minimum atomic E-state index is -3.53. The predicted molar refractivity (Wildman–Crippen MR) is 79.1 cm³/mol. The molecule has 0 atom stereocenters. The fourth-order valence-electron chi connectivity index (χ4n) is 2.74. The van der Waals surface area contributed by atoms with Gasteiger partial charge in [-0.05, 0) is 49.9 Å². The Hall–Kier alpha value is -0.910. The van der Waals surface area contributed by atoms with Gasteiger partial charge in [0.2, 0.25) is 10.0 Å². The number of aryl methyl sites for hydroxylation is 2. The minimum Gasteiger partial charge on any atom is -0.389 e. The highest BCUT2D eigenvalue weighted by Gasteiger charge is 2.35. The van der Waals surface area contributed by atoms with Crippen LogP contribution in [0.4, 0.5) is 0 Å². The van der Waals surface area contributed by atoms with Crippen LogP contribution in [0, 0.1) is 13.8 Å². The lowest BCUT2D eigenvalue weighted by atomic mass is 10.0. The lowest BCUT2D eigenvalue weighted by molar-refractivity contribution is 0.0333. The van der Waals surface area contributed by atoms with Crippen molar-refractivity contribution in [3.8, 4) is 0 Å². The van der Waals surface area contributed by atoms with E-state index in [1.807, 2.05) is 19.9 Å². The normalized spacial score (nSPS) is 18.6. The number of likely N-dealkylation sites (N-methyl/N-ethyl adjacent to an activating group) is 1. The highest BCUT2D eigenvalue weighted by molar-refractivity contribution is 7.89. The molecule has 0 amide bonds. The Labute approximate surface area is 121 Å². The monoisotopic (exact) mass is 297 g/mol. The van der Waals surface area contributed by atoms with Crippen LogP contribution in [0.5, 0.6) is 0 Å². The van der Waals surface area contributed by atoms with Crippen LogP contribution in [0.2, 0.25) is 0 Å². The summed E-state index contributed by atoms with van der Waals surface area (Å²) in [6.45, 7) is 4.03. The zero-order valence-corrected chi connectivity index (χ0v) is 13.2. The molecule has 1 aromatic carbocycles. The Bertz CT molecular complexity index is 589. The molecule has 1 N–H and O–H groups in total. The molecule has 0 aromatic heterocycles. The molecule has 20 heavy (non-hydrogen) atoms. The van der Waals surface area contributed by atoms with E-state index >= 15 is 0 Å². The number of nitrogens with zero attached hydrogens (tertiary/aromatic N) is 1. The first-order valence-corrected chi connectivity index (χ1v) is 8.45. The van der Waals surface area contributed by atoms with Crippen LogP contribution in [0.25, 0.3) is 0 Å². The van der Waals surface area contributed by atoms with Crippen molar-refractivity contribution in [2.45, 2.75) is 50.0 Å². The first kappa shape index (κ1) is 15.5. The van der Waals surface area contributed by atoms with Crippen LogP contribution in [0.15, 0.2) is 23.1 Å². The smallest absolute Gasteiger partial charge is 0.242 e. The second kappa shape index (κ2) is 5.47. The van der Waals surface area contributed by atoms with Gasteiger partial charge in [-0.25, -0.2) is 8.42 Å². The summed E-state index contributed by atoms with van der Waals surface area (Å²) in [5.41, 5.74) is 1.17. The molecule has 1 aliphatic rings. The summed E-state index contributed by atoms with van der Waals surface area (Å²) in [5.74, 6) is 0. The van der Waals surface area contributed by atoms with E-state index in [1.165, 1.54) is 4.31 Å². The van der Waals surface area contributed by atoms with Crippen LogP contribution in [-0.4, -0.2) is 37.0 Å². The first-order chi connectivity index (χ1) is 9.24. The summed E-state index contributed by atoms with van der Waals surface area (Å²) in [6, 6.07) is 5.15. The number of rotatable bonds is 4. The van der Waals surface area contributed by atoms with Gasteiger partial charge in [-0.15, -0.1) is 0 Å². The summed E-state index contributed by atoms with van der Waals surface area (Å²) in [7, 11) is -1.99. The molecule has 1 fully saturated rings. The molecule has 1 saturated carbocycles. The van der Waals surface area contributed by atoms with Gasteiger partial charge in [-0.2, -0.15) is 4.31 Å². The molecule has 0 unspecified atom stereocenters. The average Bonchev–Trinajstić information content (AvgIpc) is 2.79. The van der Waals surface area contributed by atoms with Gasteiger partial charge in [0.25, 0.3) is 0 Å². The predicted octanol–water partition coefficient (Wildman–Crippen LogP) is 2.23. The van der Waals surface area contributed by atoms with Crippen molar-refractivity contribution in [2.24, 2.45) is 0 Å². The molecule has 5 heteroatoms. The SMILES string of the molecule is Cc1ccc(S(=O)(=O)N(C)CC2(O)CCCC2)cc1C. The van der Waals surface area contributed by atoms with E-state index < -0.39 is 15.6 Å². The molecule has 0 spiro atoms. The van der Waals surface area contributed by atoms with Gasteiger partial charge in [0, 0.05) is 13.6 Å². The fraction of sp³-hybridized carbons (Fsp3) is 0.600. The highest BCUT2D eigenvalue weighted by atomic mass is 32.2. The van der Waals surface area contributed by atoms with Gasteiger partial charge in [0.1, 0.15) is 0 Å². The Kier molecular flexibility index (Phi) is 4.23. The molecule has 0 aliphatic heterocycles. The quantitative estimate of drug-likeness (QED) is 0.927. The third kappa shape index (κ3) is 3.05. The molecule has 1 aliphatic carbocycles. The Morgan fingerprint density at radius 2 is 1.80 bits per heavy atom. The van der Waals surface area contributed by atoms with E-state index in [4.69, 9.17) is 0 Å². The molecule has 112 valence electrons. The summed E-state index contributed by atoms with van der Waals surface area (Å²) < 4.78 is 26.4. The van der Waals surface area contributed by atoms with E-state index in [-0.39, 0.29) is 6.54 Å². The molecule has 0 bridgehead atoms. The molecular weight excluding hydrogens is 274 g/mol. The van der Waals surface area contributed by atoms with E-state index in [0.29, 0.717) is 17.7 Å². The third-order valence-electron chi connectivity index (χ3n) is 4.24. The highest BCUT2D eigenvalue weighted by Crippen LogP contribution is 2.31. The van der Waals surface area contributed by atoms with E-state index in [0.717, 1.165) is 24.0 Å². The van der Waals surface area contributed by atoms with Gasteiger partial charge in [-0.1, -0.05) is 18.9 Å². The molecule has 0 radical (unpaired) electrons. The zero-order chi connectivity index (χ0) is 15.0. The largest absolute Gasteiger partial charge is 0.389 e. The van der Waals surface area contributed by atoms with Gasteiger partial charge >= 0.3 is 0 Å². The van der Waals surface area contributed by atoms with Crippen molar-refractivity contribution in [1.29, 1.82) is 0 Å². The second-order valence-electron chi connectivity index (χ2n) is 5.94. The number of hydrogen-bond donors (Lipinski definition) is 1.